The first kappa shape index (κ1) is 16.7. The quantitative estimate of drug-likeness (QED) is 0.919. The van der Waals surface area contributed by atoms with E-state index in [-0.39, 0.29) is 23.5 Å². The second kappa shape index (κ2) is 7.59. The van der Waals surface area contributed by atoms with Crippen molar-refractivity contribution in [1.82, 2.24) is 15.5 Å². The Morgan fingerprint density at radius 3 is 2.75 bits per heavy atom. The van der Waals surface area contributed by atoms with Crippen molar-refractivity contribution in [3.05, 3.63) is 46.6 Å². The van der Waals surface area contributed by atoms with Gasteiger partial charge in [-0.05, 0) is 43.5 Å². The van der Waals surface area contributed by atoms with Crippen molar-refractivity contribution in [2.24, 2.45) is 0 Å². The third kappa shape index (κ3) is 4.21. The molecule has 1 aromatic heterocycles. The molecule has 0 spiro atoms. The molecule has 1 aliphatic rings. The molecule has 1 aliphatic heterocycles. The minimum atomic E-state index is -0.241. The van der Waals surface area contributed by atoms with Gasteiger partial charge in [0.1, 0.15) is 5.75 Å². The van der Waals surface area contributed by atoms with Crippen LogP contribution in [0.2, 0.25) is 5.02 Å². The highest BCUT2D eigenvalue weighted by Crippen LogP contribution is 2.28. The summed E-state index contributed by atoms with van der Waals surface area (Å²) in [5.74, 6) is 0.546. The lowest BCUT2D eigenvalue weighted by Crippen LogP contribution is -2.39. The van der Waals surface area contributed by atoms with Crippen LogP contribution >= 0.6 is 11.6 Å². The third-order valence-corrected chi connectivity index (χ3v) is 4.04. The molecule has 0 atom stereocenters. The van der Waals surface area contributed by atoms with Crippen LogP contribution in [0.5, 0.6) is 11.6 Å². The summed E-state index contributed by atoms with van der Waals surface area (Å²) in [6, 6.07) is 8.77. The molecule has 126 valence electrons. The summed E-state index contributed by atoms with van der Waals surface area (Å²) >= 11 is 6.09. The molecule has 1 fully saturated rings. The van der Waals surface area contributed by atoms with E-state index in [1.165, 1.54) is 0 Å². The minimum Gasteiger partial charge on any atom is -0.436 e. The molecule has 7 heteroatoms. The number of ether oxygens (including phenoxy) is 2. The largest absolute Gasteiger partial charge is 0.436 e. The molecule has 0 radical (unpaired) electrons. The van der Waals surface area contributed by atoms with Gasteiger partial charge in [0.05, 0.1) is 5.02 Å². The van der Waals surface area contributed by atoms with Gasteiger partial charge < -0.3 is 14.8 Å². The van der Waals surface area contributed by atoms with Gasteiger partial charge in [-0.15, -0.1) is 10.2 Å². The topological polar surface area (TPSA) is 73.3 Å². The van der Waals surface area contributed by atoms with Crippen LogP contribution in [0.15, 0.2) is 30.3 Å². The second-order valence-corrected chi connectivity index (χ2v) is 6.06. The van der Waals surface area contributed by atoms with Gasteiger partial charge in [-0.25, -0.2) is 0 Å². The van der Waals surface area contributed by atoms with Crippen LogP contribution in [0, 0.1) is 6.92 Å². The Hall–Kier alpha value is -2.18. The van der Waals surface area contributed by atoms with E-state index in [0.717, 1.165) is 18.4 Å². The fourth-order valence-electron chi connectivity index (χ4n) is 2.40. The van der Waals surface area contributed by atoms with Crippen molar-refractivity contribution >= 4 is 17.5 Å². The maximum Gasteiger partial charge on any atom is 0.272 e. The fourth-order valence-corrected chi connectivity index (χ4v) is 2.55. The van der Waals surface area contributed by atoms with E-state index in [0.29, 0.717) is 24.0 Å². The Balaban J connectivity index is 1.64. The Kier molecular flexibility index (Phi) is 5.27. The lowest BCUT2D eigenvalue weighted by Gasteiger charge is -2.22. The summed E-state index contributed by atoms with van der Waals surface area (Å²) in [5, 5.41) is 11.3. The molecular weight excluding hydrogens is 330 g/mol. The van der Waals surface area contributed by atoms with Gasteiger partial charge in [0.15, 0.2) is 5.69 Å². The molecule has 1 aromatic carbocycles. The van der Waals surface area contributed by atoms with Gasteiger partial charge >= 0.3 is 0 Å². The van der Waals surface area contributed by atoms with Crippen molar-refractivity contribution in [2.45, 2.75) is 25.8 Å². The van der Waals surface area contributed by atoms with Crippen molar-refractivity contribution in [3.63, 3.8) is 0 Å². The third-order valence-electron chi connectivity index (χ3n) is 3.73. The number of halogens is 1. The van der Waals surface area contributed by atoms with Crippen LogP contribution in [-0.2, 0) is 4.74 Å². The number of aryl methyl sites for hydroxylation is 1. The van der Waals surface area contributed by atoms with Gasteiger partial charge in [0.25, 0.3) is 5.91 Å². The maximum atomic E-state index is 12.2. The number of amides is 1. The van der Waals surface area contributed by atoms with Gasteiger partial charge in [0.2, 0.25) is 5.88 Å². The van der Waals surface area contributed by atoms with Crippen LogP contribution in [0.3, 0.4) is 0 Å². The SMILES string of the molecule is Cc1ccc(Cl)c(Oc2ccc(C(=O)NC3CCOCC3)nn2)c1. The maximum absolute atomic E-state index is 12.2. The number of carbonyl (C=O) groups excluding carboxylic acids is 1. The Labute approximate surface area is 145 Å². The first-order chi connectivity index (χ1) is 11.6. The normalized spacial score (nSPS) is 15.1. The number of carbonyl (C=O) groups is 1. The number of rotatable bonds is 4. The standard InChI is InChI=1S/C17H18ClN3O3/c1-11-2-3-13(18)15(10-11)24-16-5-4-14(20-21-16)17(22)19-12-6-8-23-9-7-12/h2-5,10,12H,6-9H2,1H3,(H,19,22). The summed E-state index contributed by atoms with van der Waals surface area (Å²) in [6.07, 6.45) is 1.62. The van der Waals surface area contributed by atoms with Crippen LogP contribution in [0.25, 0.3) is 0 Å². The van der Waals surface area contributed by atoms with E-state index in [9.17, 15) is 4.79 Å². The van der Waals surface area contributed by atoms with Gasteiger partial charge in [-0.3, -0.25) is 4.79 Å². The number of aromatic nitrogens is 2. The highest BCUT2D eigenvalue weighted by atomic mass is 35.5. The van der Waals surface area contributed by atoms with Gasteiger partial charge in [-0.2, -0.15) is 0 Å². The summed E-state index contributed by atoms with van der Waals surface area (Å²) < 4.78 is 10.9. The molecule has 0 aliphatic carbocycles. The number of nitrogens with one attached hydrogen (secondary N) is 1. The fraction of sp³-hybridized carbons (Fsp3) is 0.353. The van der Waals surface area contributed by atoms with Crippen LogP contribution < -0.4 is 10.1 Å². The Morgan fingerprint density at radius 1 is 1.25 bits per heavy atom. The minimum absolute atomic E-state index is 0.120. The number of hydrogen-bond acceptors (Lipinski definition) is 5. The molecule has 1 saturated heterocycles. The molecule has 1 N–H and O–H groups in total. The first-order valence-electron chi connectivity index (χ1n) is 7.78. The predicted octanol–water partition coefficient (Wildman–Crippen LogP) is 3.14. The van der Waals surface area contributed by atoms with Crippen molar-refractivity contribution in [1.29, 1.82) is 0 Å². The van der Waals surface area contributed by atoms with Crippen LogP contribution in [0.1, 0.15) is 28.9 Å². The highest BCUT2D eigenvalue weighted by Gasteiger charge is 2.18. The van der Waals surface area contributed by atoms with Gasteiger partial charge in [0, 0.05) is 25.3 Å². The molecule has 0 unspecified atom stereocenters. The molecule has 24 heavy (non-hydrogen) atoms. The Morgan fingerprint density at radius 2 is 2.04 bits per heavy atom. The molecule has 0 saturated carbocycles. The van der Waals surface area contributed by atoms with E-state index in [2.05, 4.69) is 15.5 Å². The molecule has 0 bridgehead atoms. The average molecular weight is 348 g/mol. The van der Waals surface area contributed by atoms with Crippen molar-refractivity contribution < 1.29 is 14.3 Å². The van der Waals surface area contributed by atoms with Crippen LogP contribution in [0.4, 0.5) is 0 Å². The summed E-state index contributed by atoms with van der Waals surface area (Å²) in [6.45, 7) is 3.28. The Bertz CT molecular complexity index is 716. The van der Waals surface area contributed by atoms with E-state index in [1.807, 2.05) is 19.1 Å². The number of hydrogen-bond donors (Lipinski definition) is 1. The molecule has 2 aromatic rings. The van der Waals surface area contributed by atoms with E-state index in [4.69, 9.17) is 21.1 Å². The lowest BCUT2D eigenvalue weighted by molar-refractivity contribution is 0.0693. The van der Waals surface area contributed by atoms with E-state index >= 15 is 0 Å². The second-order valence-electron chi connectivity index (χ2n) is 5.65. The average Bonchev–Trinajstić information content (AvgIpc) is 2.60. The zero-order valence-corrected chi connectivity index (χ0v) is 14.0. The lowest BCUT2D eigenvalue weighted by atomic mass is 10.1. The molecule has 3 rings (SSSR count). The molecule has 1 amide bonds. The smallest absolute Gasteiger partial charge is 0.272 e. The zero-order valence-electron chi connectivity index (χ0n) is 13.3. The summed E-state index contributed by atoms with van der Waals surface area (Å²) in [7, 11) is 0. The number of nitrogens with zero attached hydrogens (tertiary/aromatic N) is 2. The van der Waals surface area contributed by atoms with E-state index in [1.54, 1.807) is 18.2 Å². The van der Waals surface area contributed by atoms with Crippen molar-refractivity contribution in [3.8, 4) is 11.6 Å². The number of benzene rings is 1. The summed E-state index contributed by atoms with van der Waals surface area (Å²) in [5.41, 5.74) is 1.28. The first-order valence-corrected chi connectivity index (χ1v) is 8.16. The zero-order chi connectivity index (χ0) is 16.9. The summed E-state index contributed by atoms with van der Waals surface area (Å²) in [4.78, 5) is 12.2. The molecular formula is C17H18ClN3O3. The van der Waals surface area contributed by atoms with Crippen LogP contribution in [-0.4, -0.2) is 35.4 Å². The monoisotopic (exact) mass is 347 g/mol. The van der Waals surface area contributed by atoms with Crippen molar-refractivity contribution in [2.75, 3.05) is 13.2 Å². The molecule has 2 heterocycles. The predicted molar refractivity (Wildman–Crippen MR) is 89.6 cm³/mol. The highest BCUT2D eigenvalue weighted by molar-refractivity contribution is 6.32. The van der Waals surface area contributed by atoms with Gasteiger partial charge in [-0.1, -0.05) is 17.7 Å². The van der Waals surface area contributed by atoms with E-state index < -0.39 is 0 Å². The molecule has 6 nitrogen and oxygen atoms in total.